The number of amides is 1. The summed E-state index contributed by atoms with van der Waals surface area (Å²) < 4.78 is 2.33. The van der Waals surface area contributed by atoms with Gasteiger partial charge in [0.1, 0.15) is 11.9 Å². The van der Waals surface area contributed by atoms with Gasteiger partial charge in [-0.05, 0) is 50.0 Å². The molecule has 3 rings (SSSR count). The number of carbonyl (C=O) groups excluding carboxylic acids is 1. The van der Waals surface area contributed by atoms with E-state index in [0.717, 1.165) is 44.1 Å². The number of aliphatic hydroxyl groups is 1. The van der Waals surface area contributed by atoms with Crippen LogP contribution in [-0.4, -0.2) is 56.7 Å². The monoisotopic (exact) mass is 351 g/mol. The van der Waals surface area contributed by atoms with Gasteiger partial charge in [-0.2, -0.15) is 11.8 Å². The first-order valence-electron chi connectivity index (χ1n) is 9.16. The molecule has 1 saturated heterocycles. The molecular weight excluding hydrogens is 322 g/mol. The van der Waals surface area contributed by atoms with E-state index in [1.54, 1.807) is 11.8 Å². The lowest BCUT2D eigenvalue weighted by atomic mass is 9.85. The largest absolute Gasteiger partial charge is 0.383 e. The van der Waals surface area contributed by atoms with Crippen molar-refractivity contribution in [1.29, 1.82) is 0 Å². The van der Waals surface area contributed by atoms with Gasteiger partial charge in [0.05, 0.1) is 0 Å². The van der Waals surface area contributed by atoms with Gasteiger partial charge in [-0.25, -0.2) is 4.98 Å². The average Bonchev–Trinajstić information content (AvgIpc) is 3.03. The molecule has 1 N–H and O–H groups in total. The predicted molar refractivity (Wildman–Crippen MR) is 97.1 cm³/mol. The van der Waals surface area contributed by atoms with Gasteiger partial charge in [0.15, 0.2) is 0 Å². The fourth-order valence-electron chi connectivity index (χ4n) is 3.71. The van der Waals surface area contributed by atoms with Gasteiger partial charge in [0, 0.05) is 37.9 Å². The minimum Gasteiger partial charge on any atom is -0.383 e. The zero-order valence-electron chi connectivity index (χ0n) is 14.6. The number of rotatable bonds is 7. The quantitative estimate of drug-likeness (QED) is 0.820. The molecule has 0 bridgehead atoms. The van der Waals surface area contributed by atoms with Gasteiger partial charge in [0.2, 0.25) is 0 Å². The maximum Gasteiger partial charge on any atom is 0.251 e. The summed E-state index contributed by atoms with van der Waals surface area (Å²) in [5.74, 6) is 3.18. The van der Waals surface area contributed by atoms with Crippen LogP contribution < -0.4 is 0 Å². The summed E-state index contributed by atoms with van der Waals surface area (Å²) in [6.07, 6.45) is 11.7. The zero-order chi connectivity index (χ0) is 16.9. The minimum atomic E-state index is -0.838. The van der Waals surface area contributed by atoms with E-state index in [9.17, 15) is 9.90 Å². The summed E-state index contributed by atoms with van der Waals surface area (Å²) in [6.45, 7) is 2.56. The second-order valence-corrected chi connectivity index (χ2v) is 8.12. The van der Waals surface area contributed by atoms with Gasteiger partial charge >= 0.3 is 0 Å². The molecule has 134 valence electrons. The fraction of sp³-hybridized carbons (Fsp3) is 0.778. The first-order chi connectivity index (χ1) is 11.7. The Balaban J connectivity index is 1.51. The van der Waals surface area contributed by atoms with Crippen molar-refractivity contribution in [3.05, 3.63) is 18.2 Å². The third kappa shape index (κ3) is 4.14. The fourth-order valence-corrected chi connectivity index (χ4v) is 4.17. The van der Waals surface area contributed by atoms with Crippen LogP contribution in [0.5, 0.6) is 0 Å². The van der Waals surface area contributed by atoms with Gasteiger partial charge in [-0.1, -0.05) is 6.42 Å². The van der Waals surface area contributed by atoms with E-state index in [-0.39, 0.29) is 5.91 Å². The van der Waals surface area contributed by atoms with Crippen LogP contribution in [0.3, 0.4) is 0 Å². The molecule has 2 aliphatic rings. The first kappa shape index (κ1) is 17.8. The lowest BCUT2D eigenvalue weighted by Crippen LogP contribution is -2.44. The number of carbonyl (C=O) groups is 1. The molecule has 0 spiro atoms. The highest BCUT2D eigenvalue weighted by Gasteiger charge is 2.29. The minimum absolute atomic E-state index is 0.0969. The van der Waals surface area contributed by atoms with Gasteiger partial charge < -0.3 is 14.6 Å². The molecule has 1 aliphatic carbocycles. The smallest absolute Gasteiger partial charge is 0.251 e. The molecule has 1 aromatic heterocycles. The van der Waals surface area contributed by atoms with Crippen molar-refractivity contribution in [2.75, 3.05) is 25.1 Å². The van der Waals surface area contributed by atoms with Crippen LogP contribution in [0.15, 0.2) is 12.4 Å². The van der Waals surface area contributed by atoms with Crippen molar-refractivity contribution in [2.45, 2.75) is 57.1 Å². The molecule has 1 aromatic rings. The van der Waals surface area contributed by atoms with Crippen molar-refractivity contribution < 1.29 is 9.90 Å². The van der Waals surface area contributed by atoms with E-state index in [0.29, 0.717) is 12.3 Å². The van der Waals surface area contributed by atoms with Crippen LogP contribution in [0.4, 0.5) is 0 Å². The molecule has 5 nitrogen and oxygen atoms in total. The average molecular weight is 352 g/mol. The van der Waals surface area contributed by atoms with E-state index in [1.165, 1.54) is 25.1 Å². The number of imidazole rings is 1. The Morgan fingerprint density at radius 3 is 2.75 bits per heavy atom. The second kappa shape index (κ2) is 8.39. The molecule has 2 heterocycles. The Hall–Kier alpha value is -1.01. The molecule has 2 fully saturated rings. The van der Waals surface area contributed by atoms with E-state index >= 15 is 0 Å². The summed E-state index contributed by atoms with van der Waals surface area (Å²) in [5, 5.41) is 10.0. The normalized spacial score (nSPS) is 20.8. The predicted octanol–water partition coefficient (Wildman–Crippen LogP) is 2.50. The van der Waals surface area contributed by atoms with E-state index in [1.807, 2.05) is 17.4 Å². The van der Waals surface area contributed by atoms with E-state index in [4.69, 9.17) is 0 Å². The number of aliphatic hydroxyl groups excluding tert-OH is 1. The van der Waals surface area contributed by atoms with Gasteiger partial charge in [0.25, 0.3) is 5.91 Å². The van der Waals surface area contributed by atoms with Crippen LogP contribution in [0, 0.1) is 5.92 Å². The molecule has 24 heavy (non-hydrogen) atoms. The van der Waals surface area contributed by atoms with E-state index < -0.39 is 6.10 Å². The summed E-state index contributed by atoms with van der Waals surface area (Å²) in [5.41, 5.74) is 0. The Kier molecular flexibility index (Phi) is 6.22. The zero-order valence-corrected chi connectivity index (χ0v) is 15.4. The molecule has 1 atom stereocenters. The number of nitrogens with zero attached hydrogens (tertiary/aromatic N) is 3. The maximum atomic E-state index is 12.3. The molecule has 1 unspecified atom stereocenters. The highest BCUT2D eigenvalue weighted by atomic mass is 32.2. The summed E-state index contributed by atoms with van der Waals surface area (Å²) in [4.78, 5) is 18.7. The molecule has 0 aromatic carbocycles. The number of hydrogen-bond acceptors (Lipinski definition) is 4. The van der Waals surface area contributed by atoms with Crippen molar-refractivity contribution >= 4 is 17.7 Å². The van der Waals surface area contributed by atoms with Crippen LogP contribution >= 0.6 is 11.8 Å². The van der Waals surface area contributed by atoms with Crippen LogP contribution in [0.2, 0.25) is 0 Å². The van der Waals surface area contributed by atoms with Gasteiger partial charge in [-0.3, -0.25) is 4.79 Å². The molecule has 1 amide bonds. The maximum absolute atomic E-state index is 12.3. The number of aromatic nitrogens is 2. The molecule has 6 heteroatoms. The number of thioether (sulfide) groups is 1. The SMILES string of the molecule is CSCCC(O)C(=O)N1CCC(c2nccn2CC2CCC2)CC1. The molecule has 1 saturated carbocycles. The lowest BCUT2D eigenvalue weighted by Gasteiger charge is -2.34. The van der Waals surface area contributed by atoms with Crippen molar-refractivity contribution in [1.82, 2.24) is 14.5 Å². The summed E-state index contributed by atoms with van der Waals surface area (Å²) >= 11 is 1.66. The first-order valence-corrected chi connectivity index (χ1v) is 10.5. The van der Waals surface area contributed by atoms with Crippen LogP contribution in [-0.2, 0) is 11.3 Å². The van der Waals surface area contributed by atoms with E-state index in [2.05, 4.69) is 15.7 Å². The van der Waals surface area contributed by atoms with Crippen LogP contribution in [0.25, 0.3) is 0 Å². The molecule has 0 radical (unpaired) electrons. The Morgan fingerprint density at radius 1 is 1.38 bits per heavy atom. The number of likely N-dealkylation sites (tertiary alicyclic amines) is 1. The third-order valence-corrected chi connectivity index (χ3v) is 6.12. The topological polar surface area (TPSA) is 58.4 Å². The Bertz CT molecular complexity index is 536. The molecule has 1 aliphatic heterocycles. The van der Waals surface area contributed by atoms with Crippen molar-refractivity contribution in [3.63, 3.8) is 0 Å². The lowest BCUT2D eigenvalue weighted by molar-refractivity contribution is -0.141. The summed E-state index contributed by atoms with van der Waals surface area (Å²) in [6, 6.07) is 0. The summed E-state index contributed by atoms with van der Waals surface area (Å²) in [7, 11) is 0. The van der Waals surface area contributed by atoms with Crippen molar-refractivity contribution in [3.8, 4) is 0 Å². The van der Waals surface area contributed by atoms with Crippen molar-refractivity contribution in [2.24, 2.45) is 5.92 Å². The number of piperidine rings is 1. The highest BCUT2D eigenvalue weighted by molar-refractivity contribution is 7.98. The second-order valence-electron chi connectivity index (χ2n) is 7.13. The number of hydrogen-bond donors (Lipinski definition) is 1. The van der Waals surface area contributed by atoms with Gasteiger partial charge in [-0.15, -0.1) is 0 Å². The van der Waals surface area contributed by atoms with Crippen LogP contribution in [0.1, 0.15) is 50.3 Å². The standard InChI is InChI=1S/C18H29N3O2S/c1-24-12-7-16(22)18(23)20-9-5-15(6-10-20)17-19-8-11-21(17)13-14-3-2-4-14/h8,11,14-16,22H,2-7,9-10,12-13H2,1H3. The third-order valence-electron chi connectivity index (χ3n) is 5.48. The Labute approximate surface area is 148 Å². The highest BCUT2D eigenvalue weighted by Crippen LogP contribution is 2.31. The Morgan fingerprint density at radius 2 is 2.12 bits per heavy atom. The molecular formula is C18H29N3O2S.